The van der Waals surface area contributed by atoms with E-state index < -0.39 is 44.9 Å². The van der Waals surface area contributed by atoms with Crippen LogP contribution in [0.15, 0.2) is 23.2 Å². The van der Waals surface area contributed by atoms with Crippen molar-refractivity contribution in [3.63, 3.8) is 0 Å². The molecule has 1 aromatic carbocycles. The van der Waals surface area contributed by atoms with E-state index in [-0.39, 0.29) is 17.4 Å². The van der Waals surface area contributed by atoms with Gasteiger partial charge in [0.25, 0.3) is 5.91 Å². The number of amides is 2. The number of halogens is 1. The highest BCUT2D eigenvalue weighted by molar-refractivity contribution is 7.92. The van der Waals surface area contributed by atoms with Gasteiger partial charge in [-0.1, -0.05) is 30.6 Å². The van der Waals surface area contributed by atoms with Gasteiger partial charge in [-0.2, -0.15) is 4.99 Å². The van der Waals surface area contributed by atoms with E-state index in [1.807, 2.05) is 0 Å². The van der Waals surface area contributed by atoms with E-state index in [4.69, 9.17) is 0 Å². The number of fused-ring (bicyclic) bond motifs is 1. The molecule has 0 unspecified atom stereocenters. The van der Waals surface area contributed by atoms with Gasteiger partial charge in [0.2, 0.25) is 5.91 Å². The number of nitrogens with one attached hydrogen (secondary N) is 1. The molecule has 1 aliphatic carbocycles. The van der Waals surface area contributed by atoms with Crippen molar-refractivity contribution in [3.8, 4) is 0 Å². The Morgan fingerprint density at radius 1 is 1.22 bits per heavy atom. The summed E-state index contributed by atoms with van der Waals surface area (Å²) in [6.07, 6.45) is 4.69. The number of carbonyl (C=O) groups excluding carboxylic acids is 3. The van der Waals surface area contributed by atoms with Crippen molar-refractivity contribution in [3.05, 3.63) is 28.8 Å². The minimum Gasteiger partial charge on any atom is -0.468 e. The Hall–Kier alpha value is -2.60. The third-order valence-corrected chi connectivity index (χ3v) is 7.47. The second-order valence-corrected chi connectivity index (χ2v) is 10.7. The van der Waals surface area contributed by atoms with Crippen molar-refractivity contribution in [1.82, 2.24) is 9.88 Å². The van der Waals surface area contributed by atoms with Gasteiger partial charge < -0.3 is 14.6 Å². The van der Waals surface area contributed by atoms with Crippen LogP contribution >= 0.6 is 11.3 Å². The van der Waals surface area contributed by atoms with Crippen LogP contribution in [0, 0.1) is 5.82 Å². The van der Waals surface area contributed by atoms with E-state index in [0.29, 0.717) is 10.2 Å². The molecule has 3 rings (SSSR count). The fraction of sp³-hybridized carbons (Fsp3) is 0.500. The summed E-state index contributed by atoms with van der Waals surface area (Å²) in [4.78, 5) is 40.1. The first-order valence-electron chi connectivity index (χ1n) is 10.1. The molecule has 1 saturated carbocycles. The van der Waals surface area contributed by atoms with Gasteiger partial charge in [-0.3, -0.25) is 14.4 Å². The summed E-state index contributed by atoms with van der Waals surface area (Å²) in [5.74, 6) is -4.50. The van der Waals surface area contributed by atoms with Crippen LogP contribution in [0.2, 0.25) is 0 Å². The summed E-state index contributed by atoms with van der Waals surface area (Å²) in [5, 5.41) is 2.71. The Bertz CT molecular complexity index is 1200. The highest BCUT2D eigenvalue weighted by atomic mass is 32.2. The molecule has 1 heterocycles. The summed E-state index contributed by atoms with van der Waals surface area (Å²) < 4.78 is 44.7. The molecule has 2 aromatic rings. The van der Waals surface area contributed by atoms with E-state index >= 15 is 0 Å². The van der Waals surface area contributed by atoms with Crippen molar-refractivity contribution in [2.45, 2.75) is 44.7 Å². The van der Waals surface area contributed by atoms with Gasteiger partial charge in [0.1, 0.15) is 23.9 Å². The molecule has 0 spiro atoms. The summed E-state index contributed by atoms with van der Waals surface area (Å²) >= 11 is 0.936. The maximum Gasteiger partial charge on any atom is 0.325 e. The van der Waals surface area contributed by atoms with Gasteiger partial charge in [0, 0.05) is 6.04 Å². The Morgan fingerprint density at radius 2 is 1.94 bits per heavy atom. The number of thiazole rings is 1. The third kappa shape index (κ3) is 6.45. The fourth-order valence-electron chi connectivity index (χ4n) is 3.57. The number of rotatable bonds is 7. The summed E-state index contributed by atoms with van der Waals surface area (Å²) in [5.41, 5.74) is 0.447. The number of nitrogens with zero attached hydrogens (tertiary/aromatic N) is 2. The quantitative estimate of drug-likeness (QED) is 0.590. The zero-order valence-electron chi connectivity index (χ0n) is 17.5. The van der Waals surface area contributed by atoms with Gasteiger partial charge in [-0.15, -0.1) is 0 Å². The molecule has 2 amide bonds. The smallest absolute Gasteiger partial charge is 0.325 e. The number of sulfone groups is 1. The predicted molar refractivity (Wildman–Crippen MR) is 116 cm³/mol. The van der Waals surface area contributed by atoms with Crippen LogP contribution < -0.4 is 10.1 Å². The monoisotopic (exact) mass is 485 g/mol. The highest BCUT2D eigenvalue weighted by Crippen LogP contribution is 2.19. The van der Waals surface area contributed by atoms with Gasteiger partial charge >= 0.3 is 5.97 Å². The lowest BCUT2D eigenvalue weighted by molar-refractivity contribution is -0.141. The summed E-state index contributed by atoms with van der Waals surface area (Å²) in [7, 11) is -2.84. The third-order valence-electron chi connectivity index (χ3n) is 5.04. The van der Waals surface area contributed by atoms with E-state index in [2.05, 4.69) is 15.0 Å². The molecule has 0 aliphatic heterocycles. The second-order valence-electron chi connectivity index (χ2n) is 7.60. The molecule has 1 aliphatic rings. The maximum absolute atomic E-state index is 13.6. The molecule has 12 heteroatoms. The number of esters is 1. The minimum absolute atomic E-state index is 0.0304. The van der Waals surface area contributed by atoms with Crippen molar-refractivity contribution in [2.24, 2.45) is 4.99 Å². The lowest BCUT2D eigenvalue weighted by atomic mass is 9.95. The SMILES string of the molecule is COC(=O)Cn1c(=NC(=O)CS(=O)(=O)CC(=O)NC2CCCCC2)sc2cc(F)ccc21. The normalized spacial score (nSPS) is 15.6. The molecule has 0 bridgehead atoms. The molecular weight excluding hydrogens is 461 g/mol. The maximum atomic E-state index is 13.6. The van der Waals surface area contributed by atoms with Crippen LogP contribution in [0.5, 0.6) is 0 Å². The summed E-state index contributed by atoms with van der Waals surface area (Å²) in [6, 6.07) is 3.82. The first-order valence-corrected chi connectivity index (χ1v) is 12.7. The Balaban J connectivity index is 1.77. The predicted octanol–water partition coefficient (Wildman–Crippen LogP) is 1.31. The lowest BCUT2D eigenvalue weighted by Crippen LogP contribution is -2.40. The van der Waals surface area contributed by atoms with Crippen molar-refractivity contribution in [1.29, 1.82) is 0 Å². The average molecular weight is 486 g/mol. The molecular formula is C20H24FN3O6S2. The molecule has 1 aromatic heterocycles. The molecule has 9 nitrogen and oxygen atoms in total. The lowest BCUT2D eigenvalue weighted by Gasteiger charge is -2.22. The van der Waals surface area contributed by atoms with Gasteiger partial charge in [0.05, 0.1) is 17.3 Å². The van der Waals surface area contributed by atoms with Crippen LogP contribution in [0.3, 0.4) is 0 Å². The molecule has 0 radical (unpaired) electrons. The molecule has 1 fully saturated rings. The van der Waals surface area contributed by atoms with Crippen LogP contribution in [0.25, 0.3) is 10.2 Å². The molecule has 32 heavy (non-hydrogen) atoms. The van der Waals surface area contributed by atoms with Crippen LogP contribution in [-0.4, -0.2) is 55.4 Å². The number of hydrogen-bond acceptors (Lipinski definition) is 7. The van der Waals surface area contributed by atoms with Crippen LogP contribution in [0.4, 0.5) is 4.39 Å². The average Bonchev–Trinajstić information content (AvgIpc) is 3.03. The minimum atomic E-state index is -4.04. The number of methoxy groups -OCH3 is 1. The van der Waals surface area contributed by atoms with Crippen molar-refractivity contribution in [2.75, 3.05) is 18.6 Å². The molecule has 0 atom stereocenters. The standard InChI is InChI=1S/C20H24FN3O6S2/c1-30-19(27)10-24-15-8-7-13(21)9-16(15)31-20(24)23-18(26)12-32(28,29)11-17(25)22-14-5-3-2-4-6-14/h7-9,14H,2-6,10-12H2,1H3,(H,22,25). The second kappa shape index (κ2) is 10.3. The Morgan fingerprint density at radius 3 is 2.62 bits per heavy atom. The van der Waals surface area contributed by atoms with Gasteiger partial charge in [0.15, 0.2) is 14.6 Å². The Labute approximate surface area is 188 Å². The van der Waals surface area contributed by atoms with Gasteiger partial charge in [-0.05, 0) is 31.0 Å². The number of benzene rings is 1. The topological polar surface area (TPSA) is 124 Å². The highest BCUT2D eigenvalue weighted by Gasteiger charge is 2.23. The first kappa shape index (κ1) is 24.1. The van der Waals surface area contributed by atoms with Crippen molar-refractivity contribution < 1.29 is 31.9 Å². The zero-order valence-corrected chi connectivity index (χ0v) is 19.1. The number of ether oxygens (including phenoxy) is 1. The van der Waals surface area contributed by atoms with Crippen LogP contribution in [-0.2, 0) is 35.5 Å². The summed E-state index contributed by atoms with van der Waals surface area (Å²) in [6.45, 7) is -0.287. The number of hydrogen-bond donors (Lipinski definition) is 1. The molecule has 1 N–H and O–H groups in total. The molecule has 0 saturated heterocycles. The number of aromatic nitrogens is 1. The van der Waals surface area contributed by atoms with Gasteiger partial charge in [-0.25, -0.2) is 12.8 Å². The Kier molecular flexibility index (Phi) is 7.77. The number of carbonyl (C=O) groups is 3. The van der Waals surface area contributed by atoms with E-state index in [1.165, 1.54) is 29.9 Å². The molecule has 174 valence electrons. The van der Waals surface area contributed by atoms with Crippen molar-refractivity contribution >= 4 is 49.2 Å². The first-order chi connectivity index (χ1) is 15.2. The van der Waals surface area contributed by atoms with E-state index in [1.54, 1.807) is 0 Å². The van der Waals surface area contributed by atoms with E-state index in [0.717, 1.165) is 43.4 Å². The fourth-order valence-corrected chi connectivity index (χ4v) is 5.67. The largest absolute Gasteiger partial charge is 0.468 e. The van der Waals surface area contributed by atoms with Crippen LogP contribution in [0.1, 0.15) is 32.1 Å². The zero-order chi connectivity index (χ0) is 23.3. The van der Waals surface area contributed by atoms with E-state index in [9.17, 15) is 27.2 Å².